The van der Waals surface area contributed by atoms with Crippen LogP contribution in [0.5, 0.6) is 0 Å². The molecule has 4 nitrogen and oxygen atoms in total. The fourth-order valence-electron chi connectivity index (χ4n) is 2.25. The summed E-state index contributed by atoms with van der Waals surface area (Å²) in [5.41, 5.74) is 0.877. The third-order valence-electron chi connectivity index (χ3n) is 3.31. The highest BCUT2D eigenvalue weighted by atomic mass is 35.5. The molecular weight excluding hydrogens is 313 g/mol. The highest BCUT2D eigenvalue weighted by Crippen LogP contribution is 2.32. The largest absolute Gasteiger partial charge is 0.369 e. The van der Waals surface area contributed by atoms with Crippen LogP contribution in [0.2, 0.25) is 10.0 Å². The summed E-state index contributed by atoms with van der Waals surface area (Å²) in [6.07, 6.45) is -1.41. The van der Waals surface area contributed by atoms with Gasteiger partial charge in [-0.15, -0.1) is 0 Å². The number of fused-ring (bicyclic) bond motifs is 1. The zero-order chi connectivity index (χ0) is 15.1. The first kappa shape index (κ1) is 14.1. The van der Waals surface area contributed by atoms with Gasteiger partial charge >= 0.3 is 0 Å². The van der Waals surface area contributed by atoms with Gasteiger partial charge in [0.2, 0.25) is 0 Å². The molecule has 0 radical (unpaired) electrons. The minimum absolute atomic E-state index is 0.241. The maximum atomic E-state index is 12.3. The van der Waals surface area contributed by atoms with Crippen LogP contribution in [0.3, 0.4) is 0 Å². The van der Waals surface area contributed by atoms with Crippen molar-refractivity contribution in [1.82, 2.24) is 4.90 Å². The lowest BCUT2D eigenvalue weighted by molar-refractivity contribution is 0.0129. The van der Waals surface area contributed by atoms with Gasteiger partial charge in [-0.3, -0.25) is 9.59 Å². The Morgan fingerprint density at radius 1 is 0.905 bits per heavy atom. The zero-order valence-corrected chi connectivity index (χ0v) is 12.1. The van der Waals surface area contributed by atoms with Gasteiger partial charge in [-0.25, -0.2) is 4.90 Å². The molecule has 0 aromatic heterocycles. The first-order valence-electron chi connectivity index (χ1n) is 6.10. The Bertz CT molecular complexity index is 725. The van der Waals surface area contributed by atoms with Crippen molar-refractivity contribution in [3.8, 4) is 0 Å². The van der Waals surface area contributed by atoms with Crippen LogP contribution >= 0.6 is 23.2 Å². The van der Waals surface area contributed by atoms with Crippen molar-refractivity contribution in [3.63, 3.8) is 0 Å². The first-order valence-corrected chi connectivity index (χ1v) is 6.86. The van der Waals surface area contributed by atoms with E-state index in [1.54, 1.807) is 24.3 Å². The normalized spacial score (nSPS) is 15.3. The molecule has 106 valence electrons. The summed E-state index contributed by atoms with van der Waals surface area (Å²) >= 11 is 11.7. The second-order valence-electron chi connectivity index (χ2n) is 4.57. The Morgan fingerprint density at radius 2 is 1.48 bits per heavy atom. The second kappa shape index (κ2) is 5.15. The van der Waals surface area contributed by atoms with Crippen LogP contribution in [0.4, 0.5) is 0 Å². The zero-order valence-electron chi connectivity index (χ0n) is 10.6. The summed E-state index contributed by atoms with van der Waals surface area (Å²) < 4.78 is 0. The van der Waals surface area contributed by atoms with Gasteiger partial charge in [0.05, 0.1) is 21.2 Å². The van der Waals surface area contributed by atoms with E-state index in [1.165, 1.54) is 18.2 Å². The minimum Gasteiger partial charge on any atom is -0.369 e. The van der Waals surface area contributed by atoms with Crippen LogP contribution in [-0.4, -0.2) is 21.8 Å². The Labute approximate surface area is 130 Å². The maximum absolute atomic E-state index is 12.3. The SMILES string of the molecule is O=C1c2ccccc2C(=O)N1C(O)c1ccc(Cl)c(Cl)c1. The van der Waals surface area contributed by atoms with Gasteiger partial charge in [-0.05, 0) is 24.3 Å². The summed E-state index contributed by atoms with van der Waals surface area (Å²) in [6, 6.07) is 10.9. The van der Waals surface area contributed by atoms with Crippen LogP contribution in [0.25, 0.3) is 0 Å². The van der Waals surface area contributed by atoms with Crippen LogP contribution in [0, 0.1) is 0 Å². The Balaban J connectivity index is 2.00. The highest BCUT2D eigenvalue weighted by molar-refractivity contribution is 6.42. The Kier molecular flexibility index (Phi) is 3.45. The monoisotopic (exact) mass is 321 g/mol. The number of hydrogen-bond acceptors (Lipinski definition) is 3. The molecule has 0 aliphatic carbocycles. The number of carbonyl (C=O) groups is 2. The van der Waals surface area contributed by atoms with E-state index in [1.807, 2.05) is 0 Å². The van der Waals surface area contributed by atoms with E-state index in [2.05, 4.69) is 0 Å². The fourth-order valence-corrected chi connectivity index (χ4v) is 2.56. The van der Waals surface area contributed by atoms with E-state index in [4.69, 9.17) is 23.2 Å². The van der Waals surface area contributed by atoms with Crippen LogP contribution < -0.4 is 0 Å². The number of benzene rings is 2. The fraction of sp³-hybridized carbons (Fsp3) is 0.0667. The molecule has 0 spiro atoms. The molecule has 6 heteroatoms. The van der Waals surface area contributed by atoms with Crippen molar-refractivity contribution in [1.29, 1.82) is 0 Å². The number of aliphatic hydroxyl groups excluding tert-OH is 1. The molecule has 1 aliphatic heterocycles. The van der Waals surface area contributed by atoms with Gasteiger partial charge in [0.1, 0.15) is 0 Å². The lowest BCUT2D eigenvalue weighted by Gasteiger charge is -2.21. The molecular formula is C15H9Cl2NO3. The number of carbonyl (C=O) groups excluding carboxylic acids is 2. The molecule has 1 atom stereocenters. The molecule has 21 heavy (non-hydrogen) atoms. The molecule has 0 saturated heterocycles. The number of hydrogen-bond donors (Lipinski definition) is 1. The van der Waals surface area contributed by atoms with Crippen molar-refractivity contribution < 1.29 is 14.7 Å². The molecule has 0 saturated carbocycles. The maximum Gasteiger partial charge on any atom is 0.263 e. The lowest BCUT2D eigenvalue weighted by Crippen LogP contribution is -2.34. The van der Waals surface area contributed by atoms with E-state index in [9.17, 15) is 14.7 Å². The van der Waals surface area contributed by atoms with Gasteiger partial charge in [0.15, 0.2) is 6.23 Å². The molecule has 2 amide bonds. The van der Waals surface area contributed by atoms with Crippen molar-refractivity contribution in [3.05, 3.63) is 69.2 Å². The lowest BCUT2D eigenvalue weighted by atomic mass is 10.1. The Hall–Kier alpha value is -1.88. The molecule has 0 fully saturated rings. The summed E-state index contributed by atoms with van der Waals surface area (Å²) in [4.78, 5) is 25.3. The minimum atomic E-state index is -1.41. The van der Waals surface area contributed by atoms with Gasteiger partial charge in [-0.1, -0.05) is 41.4 Å². The number of halogens is 2. The van der Waals surface area contributed by atoms with Crippen molar-refractivity contribution >= 4 is 35.0 Å². The van der Waals surface area contributed by atoms with E-state index in [0.29, 0.717) is 10.6 Å². The first-order chi connectivity index (χ1) is 10.0. The van der Waals surface area contributed by atoms with E-state index in [-0.39, 0.29) is 16.1 Å². The molecule has 1 heterocycles. The van der Waals surface area contributed by atoms with Crippen molar-refractivity contribution in [2.75, 3.05) is 0 Å². The van der Waals surface area contributed by atoms with E-state index < -0.39 is 18.0 Å². The molecule has 1 N–H and O–H groups in total. The van der Waals surface area contributed by atoms with Crippen molar-refractivity contribution in [2.45, 2.75) is 6.23 Å². The number of aliphatic hydroxyl groups is 1. The van der Waals surface area contributed by atoms with Crippen molar-refractivity contribution in [2.24, 2.45) is 0 Å². The van der Waals surface area contributed by atoms with Crippen LogP contribution in [0.15, 0.2) is 42.5 Å². The highest BCUT2D eigenvalue weighted by Gasteiger charge is 2.39. The average Bonchev–Trinajstić information content (AvgIpc) is 2.74. The number of imide groups is 1. The second-order valence-corrected chi connectivity index (χ2v) is 5.39. The molecule has 2 aromatic carbocycles. The third kappa shape index (κ3) is 2.21. The van der Waals surface area contributed by atoms with Crippen LogP contribution in [0.1, 0.15) is 32.5 Å². The molecule has 2 aromatic rings. The summed E-state index contributed by atoms with van der Waals surface area (Å²) in [7, 11) is 0. The summed E-state index contributed by atoms with van der Waals surface area (Å²) in [6.45, 7) is 0. The topological polar surface area (TPSA) is 57.6 Å². The smallest absolute Gasteiger partial charge is 0.263 e. The van der Waals surface area contributed by atoms with E-state index >= 15 is 0 Å². The molecule has 1 unspecified atom stereocenters. The predicted molar refractivity (Wildman–Crippen MR) is 78.4 cm³/mol. The summed E-state index contributed by atoms with van der Waals surface area (Å²) in [5, 5.41) is 10.9. The number of nitrogens with zero attached hydrogens (tertiary/aromatic N) is 1. The standard InChI is InChI=1S/C15H9Cl2NO3/c16-11-6-5-8(7-12(11)17)13(19)18-14(20)9-3-1-2-4-10(9)15(18)21/h1-7,13,19H. The van der Waals surface area contributed by atoms with Gasteiger partial charge < -0.3 is 5.11 Å². The quantitative estimate of drug-likeness (QED) is 0.863. The number of rotatable bonds is 2. The molecule has 3 rings (SSSR count). The van der Waals surface area contributed by atoms with Crippen LogP contribution in [-0.2, 0) is 0 Å². The third-order valence-corrected chi connectivity index (χ3v) is 4.05. The predicted octanol–water partition coefficient (Wildman–Crippen LogP) is 3.28. The van der Waals surface area contributed by atoms with E-state index in [0.717, 1.165) is 4.90 Å². The summed E-state index contributed by atoms with van der Waals surface area (Å²) in [5.74, 6) is -1.07. The molecule has 0 bridgehead atoms. The molecule has 1 aliphatic rings. The van der Waals surface area contributed by atoms with Gasteiger partial charge in [-0.2, -0.15) is 0 Å². The Morgan fingerprint density at radius 3 is 2.00 bits per heavy atom. The average molecular weight is 322 g/mol. The van der Waals surface area contributed by atoms with Gasteiger partial charge in [0.25, 0.3) is 11.8 Å². The number of amides is 2. The van der Waals surface area contributed by atoms with Gasteiger partial charge in [0, 0.05) is 5.56 Å².